The number of hydrogen-bond donors (Lipinski definition) is 0. The molecule has 7 heteroatoms. The summed E-state index contributed by atoms with van der Waals surface area (Å²) in [5.41, 5.74) is 6.22. The first-order valence-electron chi connectivity index (χ1n) is 12.3. The van der Waals surface area contributed by atoms with Crippen molar-refractivity contribution in [2.45, 2.75) is 38.1 Å². The molecule has 6 nitrogen and oxygen atoms in total. The smallest absolute Gasteiger partial charge is 0.258 e. The zero-order valence-corrected chi connectivity index (χ0v) is 21.1. The van der Waals surface area contributed by atoms with E-state index in [1.54, 1.807) is 23.1 Å². The van der Waals surface area contributed by atoms with Gasteiger partial charge >= 0.3 is 0 Å². The number of amides is 1. The lowest BCUT2D eigenvalue weighted by molar-refractivity contribution is 0.0989. The van der Waals surface area contributed by atoms with E-state index in [-0.39, 0.29) is 5.91 Å². The fourth-order valence-electron chi connectivity index (χ4n) is 5.15. The third kappa shape index (κ3) is 4.34. The predicted octanol–water partition coefficient (Wildman–Crippen LogP) is 4.48. The number of benzene rings is 3. The van der Waals surface area contributed by atoms with Gasteiger partial charge in [-0.15, -0.1) is 0 Å². The zero-order valence-electron chi connectivity index (χ0n) is 20.3. The van der Waals surface area contributed by atoms with Crippen LogP contribution in [0.4, 0.5) is 11.4 Å². The van der Waals surface area contributed by atoms with E-state index in [0.717, 1.165) is 36.4 Å². The molecule has 0 aromatic heterocycles. The molecule has 0 bridgehead atoms. The van der Waals surface area contributed by atoms with E-state index >= 15 is 0 Å². The third-order valence-corrected chi connectivity index (χ3v) is 9.19. The fraction of sp³-hybridized carbons (Fsp3) is 0.321. The summed E-state index contributed by atoms with van der Waals surface area (Å²) in [5, 5.41) is 0. The highest BCUT2D eigenvalue weighted by Gasteiger charge is 2.29. The summed E-state index contributed by atoms with van der Waals surface area (Å²) in [5.74, 6) is -0.0568. The Morgan fingerprint density at radius 3 is 2.26 bits per heavy atom. The number of carbonyl (C=O) groups is 1. The number of rotatable bonds is 6. The molecule has 5 rings (SSSR count). The Hall–Kier alpha value is -3.16. The first kappa shape index (κ1) is 23.6. The molecule has 0 unspecified atom stereocenters. The van der Waals surface area contributed by atoms with Gasteiger partial charge in [0.1, 0.15) is 0 Å². The topological polar surface area (TPSA) is 60.9 Å². The van der Waals surface area contributed by atoms with Crippen LogP contribution in [-0.4, -0.2) is 44.8 Å². The lowest BCUT2D eigenvalue weighted by Gasteiger charge is -2.31. The quantitative estimate of drug-likeness (QED) is 0.512. The van der Waals surface area contributed by atoms with E-state index in [4.69, 9.17) is 0 Å². The van der Waals surface area contributed by atoms with Crippen LogP contribution >= 0.6 is 0 Å². The fourth-order valence-corrected chi connectivity index (χ4v) is 6.66. The zero-order chi connectivity index (χ0) is 24.6. The molecular weight excluding hydrogens is 458 g/mol. The molecule has 0 N–H and O–H groups in total. The van der Waals surface area contributed by atoms with Gasteiger partial charge < -0.3 is 9.80 Å². The van der Waals surface area contributed by atoms with E-state index in [1.807, 2.05) is 38.1 Å². The number of hydrogen-bond acceptors (Lipinski definition) is 4. The van der Waals surface area contributed by atoms with Gasteiger partial charge in [-0.05, 0) is 72.0 Å². The van der Waals surface area contributed by atoms with Gasteiger partial charge in [0.15, 0.2) is 0 Å². The molecule has 0 aliphatic carbocycles. The van der Waals surface area contributed by atoms with Crippen LogP contribution in [-0.2, 0) is 29.4 Å². The van der Waals surface area contributed by atoms with E-state index in [9.17, 15) is 13.2 Å². The average Bonchev–Trinajstić information content (AvgIpc) is 3.32. The molecule has 2 aliphatic rings. The van der Waals surface area contributed by atoms with Crippen molar-refractivity contribution in [1.29, 1.82) is 0 Å². The molecule has 0 radical (unpaired) electrons. The molecule has 0 saturated carbocycles. The highest BCUT2D eigenvalue weighted by atomic mass is 32.2. The van der Waals surface area contributed by atoms with Gasteiger partial charge in [-0.1, -0.05) is 38.1 Å². The molecule has 3 aromatic carbocycles. The summed E-state index contributed by atoms with van der Waals surface area (Å²) < 4.78 is 27.3. The normalized spacial score (nSPS) is 15.3. The van der Waals surface area contributed by atoms with E-state index in [2.05, 4.69) is 29.2 Å². The molecule has 2 aliphatic heterocycles. The van der Waals surface area contributed by atoms with Crippen LogP contribution in [0.3, 0.4) is 0 Å². The monoisotopic (exact) mass is 489 g/mol. The second-order valence-corrected chi connectivity index (χ2v) is 11.0. The summed E-state index contributed by atoms with van der Waals surface area (Å²) in [4.78, 5) is 17.7. The van der Waals surface area contributed by atoms with Gasteiger partial charge in [0.25, 0.3) is 5.91 Å². The Kier molecular flexibility index (Phi) is 6.38. The van der Waals surface area contributed by atoms with Crippen LogP contribution in [0, 0.1) is 0 Å². The van der Waals surface area contributed by atoms with Crippen molar-refractivity contribution in [1.82, 2.24) is 4.31 Å². The van der Waals surface area contributed by atoms with Crippen molar-refractivity contribution < 1.29 is 13.2 Å². The van der Waals surface area contributed by atoms with E-state index < -0.39 is 10.0 Å². The maximum atomic E-state index is 13.3. The molecular formula is C28H31N3O3S. The highest BCUT2D eigenvalue weighted by Crippen LogP contribution is 2.33. The summed E-state index contributed by atoms with van der Waals surface area (Å²) in [6.07, 6.45) is 1.67. The van der Waals surface area contributed by atoms with Crippen LogP contribution in [0.1, 0.15) is 40.9 Å². The predicted molar refractivity (Wildman–Crippen MR) is 140 cm³/mol. The maximum absolute atomic E-state index is 13.3. The Bertz CT molecular complexity index is 1350. The van der Waals surface area contributed by atoms with Gasteiger partial charge in [0.05, 0.1) is 4.90 Å². The molecule has 0 fully saturated rings. The van der Waals surface area contributed by atoms with E-state index in [1.165, 1.54) is 15.4 Å². The van der Waals surface area contributed by atoms with Crippen molar-refractivity contribution in [2.75, 3.05) is 36.0 Å². The lowest BCUT2D eigenvalue weighted by Crippen LogP contribution is -2.31. The minimum absolute atomic E-state index is 0.0568. The molecule has 0 spiro atoms. The van der Waals surface area contributed by atoms with Crippen molar-refractivity contribution in [3.63, 3.8) is 0 Å². The second kappa shape index (κ2) is 9.47. The van der Waals surface area contributed by atoms with Crippen molar-refractivity contribution in [3.8, 4) is 0 Å². The Balaban J connectivity index is 1.33. The lowest BCUT2D eigenvalue weighted by atomic mass is 9.99. The standard InChI is InChI=1S/C28H31N3O3S/c1-3-30(4-2)35(33,34)26-13-14-27-23(19-26)16-18-31(27)28(32)22-9-11-25(12-10-22)29-17-15-21-7-5-6-8-24(21)20-29/h5-14,19H,3-4,15-18,20H2,1-2H3. The van der Waals surface area contributed by atoms with Crippen LogP contribution in [0.2, 0.25) is 0 Å². The Morgan fingerprint density at radius 2 is 1.54 bits per heavy atom. The van der Waals surface area contributed by atoms with Gasteiger partial charge in [-0.2, -0.15) is 4.31 Å². The molecule has 35 heavy (non-hydrogen) atoms. The Morgan fingerprint density at radius 1 is 0.857 bits per heavy atom. The average molecular weight is 490 g/mol. The molecule has 182 valence electrons. The third-order valence-electron chi connectivity index (χ3n) is 7.14. The first-order valence-corrected chi connectivity index (χ1v) is 13.7. The largest absolute Gasteiger partial charge is 0.367 e. The number of fused-ring (bicyclic) bond motifs is 2. The van der Waals surface area contributed by atoms with Gasteiger partial charge in [0.2, 0.25) is 10.0 Å². The van der Waals surface area contributed by atoms with Gasteiger partial charge in [0, 0.05) is 49.7 Å². The van der Waals surface area contributed by atoms with Crippen molar-refractivity contribution in [2.24, 2.45) is 0 Å². The number of sulfonamides is 1. The molecule has 2 heterocycles. The number of anilines is 2. The summed E-state index contributed by atoms with van der Waals surface area (Å²) in [6.45, 7) is 6.92. The van der Waals surface area contributed by atoms with Crippen molar-refractivity contribution in [3.05, 3.63) is 89.0 Å². The van der Waals surface area contributed by atoms with Gasteiger partial charge in [-0.25, -0.2) is 8.42 Å². The summed E-state index contributed by atoms with van der Waals surface area (Å²) >= 11 is 0. The second-order valence-electron chi connectivity index (χ2n) is 9.07. The van der Waals surface area contributed by atoms with Crippen LogP contribution in [0.5, 0.6) is 0 Å². The molecule has 1 amide bonds. The minimum atomic E-state index is -3.52. The summed E-state index contributed by atoms with van der Waals surface area (Å²) in [7, 11) is -3.52. The van der Waals surface area contributed by atoms with Crippen molar-refractivity contribution >= 4 is 27.3 Å². The highest BCUT2D eigenvalue weighted by molar-refractivity contribution is 7.89. The van der Waals surface area contributed by atoms with Crippen LogP contribution in [0.15, 0.2) is 71.6 Å². The number of carbonyl (C=O) groups excluding carboxylic acids is 1. The Labute approximate surface area is 207 Å². The molecule has 0 saturated heterocycles. The summed E-state index contributed by atoms with van der Waals surface area (Å²) in [6, 6.07) is 21.5. The van der Waals surface area contributed by atoms with E-state index in [0.29, 0.717) is 36.5 Å². The maximum Gasteiger partial charge on any atom is 0.258 e. The van der Waals surface area contributed by atoms with Crippen LogP contribution < -0.4 is 9.80 Å². The minimum Gasteiger partial charge on any atom is -0.367 e. The molecule has 0 atom stereocenters. The first-order chi connectivity index (χ1) is 16.9. The molecule has 3 aromatic rings. The van der Waals surface area contributed by atoms with Gasteiger partial charge in [-0.3, -0.25) is 4.79 Å². The SMILES string of the molecule is CCN(CC)S(=O)(=O)c1ccc2c(c1)CCN2C(=O)c1ccc(N2CCc3ccccc3C2)cc1. The van der Waals surface area contributed by atoms with Crippen LogP contribution in [0.25, 0.3) is 0 Å². The number of nitrogens with zero attached hydrogens (tertiary/aromatic N) is 3.